The standard InChI is InChI=1S/C12H14N4O2/c1-7-11(18-8(2)13-7)12(17)14-10-6-9-4-3-5-16(9)15-10/h6H,3-5H2,1-2H3,(H,14,15,17). The summed E-state index contributed by atoms with van der Waals surface area (Å²) in [4.78, 5) is 16.1. The molecule has 6 nitrogen and oxygen atoms in total. The number of carbonyl (C=O) groups excluding carboxylic acids is 1. The van der Waals surface area contributed by atoms with E-state index in [0.717, 1.165) is 25.1 Å². The topological polar surface area (TPSA) is 73.0 Å². The van der Waals surface area contributed by atoms with Crippen LogP contribution >= 0.6 is 0 Å². The number of amides is 1. The van der Waals surface area contributed by atoms with Crippen molar-refractivity contribution in [3.05, 3.63) is 29.1 Å². The van der Waals surface area contributed by atoms with Gasteiger partial charge in [0.1, 0.15) is 0 Å². The van der Waals surface area contributed by atoms with Crippen molar-refractivity contribution in [2.24, 2.45) is 0 Å². The van der Waals surface area contributed by atoms with Crippen LogP contribution in [0.2, 0.25) is 0 Å². The lowest BCUT2D eigenvalue weighted by molar-refractivity contribution is 0.0994. The van der Waals surface area contributed by atoms with Crippen molar-refractivity contribution in [1.82, 2.24) is 14.8 Å². The fraction of sp³-hybridized carbons (Fsp3) is 0.417. The molecule has 1 aliphatic rings. The SMILES string of the molecule is Cc1nc(C)c(C(=O)Nc2cc3n(n2)CCC3)o1. The van der Waals surface area contributed by atoms with Crippen LogP contribution in [0, 0.1) is 13.8 Å². The van der Waals surface area contributed by atoms with E-state index in [1.54, 1.807) is 13.8 Å². The molecular weight excluding hydrogens is 232 g/mol. The Hall–Kier alpha value is -2.11. The number of aryl methyl sites for hydroxylation is 4. The quantitative estimate of drug-likeness (QED) is 0.875. The van der Waals surface area contributed by atoms with Crippen molar-refractivity contribution in [2.45, 2.75) is 33.2 Å². The molecule has 0 bridgehead atoms. The summed E-state index contributed by atoms with van der Waals surface area (Å²) in [5, 5.41) is 7.05. The minimum absolute atomic E-state index is 0.251. The van der Waals surface area contributed by atoms with E-state index in [-0.39, 0.29) is 11.7 Å². The molecule has 0 radical (unpaired) electrons. The van der Waals surface area contributed by atoms with Crippen molar-refractivity contribution in [3.63, 3.8) is 0 Å². The van der Waals surface area contributed by atoms with Gasteiger partial charge in [-0.3, -0.25) is 9.48 Å². The summed E-state index contributed by atoms with van der Waals surface area (Å²) in [6.07, 6.45) is 2.14. The van der Waals surface area contributed by atoms with Crippen LogP contribution in [-0.4, -0.2) is 20.7 Å². The highest BCUT2D eigenvalue weighted by molar-refractivity contribution is 6.02. The lowest BCUT2D eigenvalue weighted by Gasteiger charge is -1.99. The molecule has 0 saturated carbocycles. The molecule has 0 atom stereocenters. The Labute approximate surface area is 104 Å². The number of carbonyl (C=O) groups is 1. The van der Waals surface area contributed by atoms with Gasteiger partial charge in [0.05, 0.1) is 5.69 Å². The Morgan fingerprint density at radius 3 is 3.00 bits per heavy atom. The Balaban J connectivity index is 1.79. The van der Waals surface area contributed by atoms with Gasteiger partial charge in [0.25, 0.3) is 5.91 Å². The fourth-order valence-corrected chi connectivity index (χ4v) is 2.24. The summed E-state index contributed by atoms with van der Waals surface area (Å²) in [5.74, 6) is 1.01. The molecule has 6 heteroatoms. The summed E-state index contributed by atoms with van der Waals surface area (Å²) >= 11 is 0. The zero-order valence-corrected chi connectivity index (χ0v) is 10.4. The van der Waals surface area contributed by atoms with Gasteiger partial charge in [-0.15, -0.1) is 0 Å². The van der Waals surface area contributed by atoms with Crippen LogP contribution < -0.4 is 5.32 Å². The summed E-state index contributed by atoms with van der Waals surface area (Å²) in [6.45, 7) is 4.39. The summed E-state index contributed by atoms with van der Waals surface area (Å²) < 4.78 is 7.19. The molecule has 0 spiro atoms. The summed E-state index contributed by atoms with van der Waals surface area (Å²) in [5.41, 5.74) is 1.76. The number of fused-ring (bicyclic) bond motifs is 1. The molecule has 1 aliphatic heterocycles. The normalized spacial score (nSPS) is 13.7. The van der Waals surface area contributed by atoms with Crippen molar-refractivity contribution in [1.29, 1.82) is 0 Å². The molecule has 2 aromatic rings. The third-order valence-electron chi connectivity index (χ3n) is 3.02. The number of nitrogens with one attached hydrogen (secondary N) is 1. The van der Waals surface area contributed by atoms with Gasteiger partial charge in [0, 0.05) is 25.2 Å². The molecule has 0 unspecified atom stereocenters. The van der Waals surface area contributed by atoms with E-state index >= 15 is 0 Å². The second-order valence-corrected chi connectivity index (χ2v) is 4.45. The first-order valence-corrected chi connectivity index (χ1v) is 5.95. The molecule has 3 heterocycles. The molecular formula is C12H14N4O2. The van der Waals surface area contributed by atoms with Crippen LogP contribution in [0.5, 0.6) is 0 Å². The molecule has 0 aliphatic carbocycles. The van der Waals surface area contributed by atoms with Crippen molar-refractivity contribution in [3.8, 4) is 0 Å². The van der Waals surface area contributed by atoms with Crippen LogP contribution in [0.15, 0.2) is 10.5 Å². The summed E-state index contributed by atoms with van der Waals surface area (Å²) in [6, 6.07) is 1.91. The van der Waals surface area contributed by atoms with Gasteiger partial charge in [-0.1, -0.05) is 0 Å². The van der Waals surface area contributed by atoms with Crippen molar-refractivity contribution < 1.29 is 9.21 Å². The fourth-order valence-electron chi connectivity index (χ4n) is 2.24. The predicted molar refractivity (Wildman–Crippen MR) is 64.5 cm³/mol. The monoisotopic (exact) mass is 246 g/mol. The third kappa shape index (κ3) is 1.79. The first-order valence-electron chi connectivity index (χ1n) is 5.95. The molecule has 1 amide bonds. The molecule has 18 heavy (non-hydrogen) atoms. The molecule has 1 N–H and O–H groups in total. The van der Waals surface area contributed by atoms with Gasteiger partial charge in [-0.05, 0) is 19.8 Å². The maximum atomic E-state index is 12.0. The minimum Gasteiger partial charge on any atom is -0.436 e. The van der Waals surface area contributed by atoms with E-state index in [4.69, 9.17) is 4.42 Å². The van der Waals surface area contributed by atoms with Gasteiger partial charge in [0.15, 0.2) is 11.7 Å². The predicted octanol–water partition coefficient (Wildman–Crippen LogP) is 1.69. The third-order valence-corrected chi connectivity index (χ3v) is 3.02. The first-order chi connectivity index (χ1) is 8.63. The maximum absolute atomic E-state index is 12.0. The van der Waals surface area contributed by atoms with Crippen LogP contribution in [0.4, 0.5) is 5.82 Å². The molecule has 94 valence electrons. The number of rotatable bonds is 2. The van der Waals surface area contributed by atoms with E-state index in [9.17, 15) is 4.79 Å². The van der Waals surface area contributed by atoms with Gasteiger partial charge >= 0.3 is 0 Å². The first kappa shape index (κ1) is 11.0. The number of oxazole rings is 1. The lowest BCUT2D eigenvalue weighted by Crippen LogP contribution is -2.13. The second-order valence-electron chi connectivity index (χ2n) is 4.45. The molecule has 0 aromatic carbocycles. The average molecular weight is 246 g/mol. The zero-order chi connectivity index (χ0) is 12.7. The van der Waals surface area contributed by atoms with Crippen LogP contribution in [-0.2, 0) is 13.0 Å². The Morgan fingerprint density at radius 1 is 1.50 bits per heavy atom. The van der Waals surface area contributed by atoms with Gasteiger partial charge in [0.2, 0.25) is 5.76 Å². The Kier molecular flexibility index (Phi) is 2.43. The van der Waals surface area contributed by atoms with E-state index in [0.29, 0.717) is 17.4 Å². The van der Waals surface area contributed by atoms with E-state index < -0.39 is 0 Å². The number of hydrogen-bond donors (Lipinski definition) is 1. The molecule has 0 fully saturated rings. The van der Waals surface area contributed by atoms with Crippen LogP contribution in [0.3, 0.4) is 0 Å². The highest BCUT2D eigenvalue weighted by Gasteiger charge is 2.19. The number of aromatic nitrogens is 3. The largest absolute Gasteiger partial charge is 0.436 e. The van der Waals surface area contributed by atoms with E-state index in [2.05, 4.69) is 15.4 Å². The number of hydrogen-bond acceptors (Lipinski definition) is 4. The lowest BCUT2D eigenvalue weighted by atomic mass is 10.3. The highest BCUT2D eigenvalue weighted by Crippen LogP contribution is 2.19. The van der Waals surface area contributed by atoms with Crippen molar-refractivity contribution in [2.75, 3.05) is 5.32 Å². The van der Waals surface area contributed by atoms with Gasteiger partial charge < -0.3 is 9.73 Å². The number of anilines is 1. The Bertz CT molecular complexity index is 590. The smallest absolute Gasteiger partial charge is 0.294 e. The summed E-state index contributed by atoms with van der Waals surface area (Å²) in [7, 11) is 0. The van der Waals surface area contributed by atoms with Crippen molar-refractivity contribution >= 4 is 11.7 Å². The Morgan fingerprint density at radius 2 is 2.33 bits per heavy atom. The average Bonchev–Trinajstić information content (AvgIpc) is 2.92. The van der Waals surface area contributed by atoms with Gasteiger partial charge in [-0.25, -0.2) is 4.98 Å². The van der Waals surface area contributed by atoms with E-state index in [1.165, 1.54) is 0 Å². The minimum atomic E-state index is -0.301. The van der Waals surface area contributed by atoms with Gasteiger partial charge in [-0.2, -0.15) is 5.10 Å². The van der Waals surface area contributed by atoms with Crippen LogP contribution in [0.1, 0.15) is 34.3 Å². The second kappa shape index (κ2) is 3.97. The van der Waals surface area contributed by atoms with Crippen LogP contribution in [0.25, 0.3) is 0 Å². The highest BCUT2D eigenvalue weighted by atomic mass is 16.4. The zero-order valence-electron chi connectivity index (χ0n) is 10.4. The van der Waals surface area contributed by atoms with E-state index in [1.807, 2.05) is 10.7 Å². The number of nitrogens with zero attached hydrogens (tertiary/aromatic N) is 3. The molecule has 3 rings (SSSR count). The maximum Gasteiger partial charge on any atom is 0.294 e. The molecule has 0 saturated heterocycles. The molecule has 2 aromatic heterocycles.